The molecule has 0 aliphatic rings. The predicted molar refractivity (Wildman–Crippen MR) is 93.4 cm³/mol. The Morgan fingerprint density at radius 2 is 1.83 bits per heavy atom. The molecule has 0 saturated carbocycles. The Kier molecular flexibility index (Phi) is 4.56. The summed E-state index contributed by atoms with van der Waals surface area (Å²) in [6.45, 7) is 0.818. The molecule has 0 radical (unpaired) electrons. The van der Waals surface area contributed by atoms with Crippen molar-refractivity contribution in [2.45, 2.75) is 0 Å². The summed E-state index contributed by atoms with van der Waals surface area (Å²) < 4.78 is 0.922. The van der Waals surface area contributed by atoms with Crippen molar-refractivity contribution in [3.8, 4) is 0 Å². The van der Waals surface area contributed by atoms with E-state index in [1.54, 1.807) is 6.20 Å². The minimum absolute atomic E-state index is 0.00239. The summed E-state index contributed by atoms with van der Waals surface area (Å²) >= 11 is 1.53. The van der Waals surface area contributed by atoms with Crippen LogP contribution in [0.25, 0.3) is 20.4 Å². The van der Waals surface area contributed by atoms with E-state index in [0.717, 1.165) is 31.9 Å². The third kappa shape index (κ3) is 2.80. The van der Waals surface area contributed by atoms with Gasteiger partial charge in [0.1, 0.15) is 17.0 Å². The van der Waals surface area contributed by atoms with E-state index in [1.165, 1.54) is 17.7 Å². The Hall–Kier alpha value is -2.03. The topological polar surface area (TPSA) is 85.6 Å². The van der Waals surface area contributed by atoms with Crippen LogP contribution in [-0.4, -0.2) is 65.6 Å². The lowest BCUT2D eigenvalue weighted by Crippen LogP contribution is -2.30. The summed E-state index contributed by atoms with van der Waals surface area (Å²) in [6.07, 6.45) is 3.32. The lowest BCUT2D eigenvalue weighted by Gasteiger charge is -2.21. The molecule has 3 aromatic rings. The van der Waals surface area contributed by atoms with Gasteiger partial charge in [0.15, 0.2) is 0 Å². The number of hydrogen-bond acceptors (Lipinski definition) is 8. The molecule has 0 unspecified atom stereocenters. The van der Waals surface area contributed by atoms with Crippen LogP contribution in [0, 0.1) is 0 Å². The molecule has 0 saturated heterocycles. The van der Waals surface area contributed by atoms with Crippen molar-refractivity contribution in [2.75, 3.05) is 50.2 Å². The smallest absolute Gasteiger partial charge is 0.150 e. The van der Waals surface area contributed by atoms with Crippen molar-refractivity contribution >= 4 is 43.3 Å². The molecule has 0 spiro atoms. The second kappa shape index (κ2) is 6.61. The first kappa shape index (κ1) is 15.9. The van der Waals surface area contributed by atoms with Crippen LogP contribution in [0.2, 0.25) is 0 Å². The van der Waals surface area contributed by atoms with Gasteiger partial charge in [0, 0.05) is 33.4 Å². The minimum Gasteiger partial charge on any atom is -0.395 e. The summed E-state index contributed by atoms with van der Waals surface area (Å²) in [5, 5.41) is 19.6. The van der Waals surface area contributed by atoms with E-state index in [4.69, 9.17) is 0 Å². The van der Waals surface area contributed by atoms with Gasteiger partial charge in [-0.2, -0.15) is 0 Å². The molecule has 0 aromatic carbocycles. The van der Waals surface area contributed by atoms with Gasteiger partial charge in [0.05, 0.1) is 34.5 Å². The van der Waals surface area contributed by atoms with Gasteiger partial charge in [-0.25, -0.2) is 15.0 Å². The maximum atomic E-state index is 9.27. The largest absolute Gasteiger partial charge is 0.395 e. The molecule has 0 amide bonds. The first-order valence-corrected chi connectivity index (χ1v) is 8.15. The number of thiophene rings is 1. The van der Waals surface area contributed by atoms with Gasteiger partial charge in [0.25, 0.3) is 0 Å². The lowest BCUT2D eigenvalue weighted by atomic mass is 10.2. The standard InChI is InChI=1S/C15H19N5O2S/c1-19(2)10-3-4-16-15-11(10)12-13(23-15)14(18-9-17-12)20(5-7-21)6-8-22/h3-4,9,21-22H,5-8H2,1-2H3. The molecule has 23 heavy (non-hydrogen) atoms. The van der Waals surface area contributed by atoms with E-state index in [1.807, 2.05) is 30.0 Å². The molecule has 2 N–H and O–H groups in total. The third-order valence-electron chi connectivity index (χ3n) is 3.64. The normalized spacial score (nSPS) is 11.3. The number of pyridine rings is 1. The number of rotatable bonds is 6. The number of aromatic nitrogens is 3. The van der Waals surface area contributed by atoms with E-state index >= 15 is 0 Å². The van der Waals surface area contributed by atoms with Crippen LogP contribution < -0.4 is 9.80 Å². The maximum absolute atomic E-state index is 9.27. The Bertz CT molecular complexity index is 814. The zero-order valence-electron chi connectivity index (χ0n) is 13.1. The van der Waals surface area contributed by atoms with Gasteiger partial charge < -0.3 is 20.0 Å². The molecule has 3 rings (SSSR count). The quantitative estimate of drug-likeness (QED) is 0.698. The van der Waals surface area contributed by atoms with E-state index in [0.29, 0.717) is 13.1 Å². The average Bonchev–Trinajstić information content (AvgIpc) is 2.93. The fraction of sp³-hybridized carbons (Fsp3) is 0.400. The van der Waals surface area contributed by atoms with Crippen LogP contribution >= 0.6 is 11.3 Å². The van der Waals surface area contributed by atoms with Gasteiger partial charge in [-0.3, -0.25) is 0 Å². The highest BCUT2D eigenvalue weighted by molar-refractivity contribution is 7.26. The number of hydrogen-bond donors (Lipinski definition) is 2. The van der Waals surface area contributed by atoms with Crippen molar-refractivity contribution in [1.29, 1.82) is 0 Å². The van der Waals surface area contributed by atoms with Gasteiger partial charge in [0.2, 0.25) is 0 Å². The van der Waals surface area contributed by atoms with E-state index in [2.05, 4.69) is 15.0 Å². The second-order valence-electron chi connectivity index (χ2n) is 5.32. The molecule has 0 aliphatic carbocycles. The summed E-state index contributed by atoms with van der Waals surface area (Å²) in [5.41, 5.74) is 1.91. The Balaban J connectivity index is 2.26. The van der Waals surface area contributed by atoms with Crippen LogP contribution in [0.3, 0.4) is 0 Å². The Morgan fingerprint density at radius 3 is 2.48 bits per heavy atom. The van der Waals surface area contributed by atoms with Crippen LogP contribution in [-0.2, 0) is 0 Å². The Morgan fingerprint density at radius 1 is 1.09 bits per heavy atom. The van der Waals surface area contributed by atoms with Crippen molar-refractivity contribution < 1.29 is 10.2 Å². The van der Waals surface area contributed by atoms with Crippen LogP contribution in [0.5, 0.6) is 0 Å². The molecular formula is C15H19N5O2S. The lowest BCUT2D eigenvalue weighted by molar-refractivity contribution is 0.281. The first-order valence-electron chi connectivity index (χ1n) is 7.33. The summed E-state index contributed by atoms with van der Waals surface area (Å²) in [6, 6.07) is 1.97. The number of aliphatic hydroxyl groups is 2. The first-order chi connectivity index (χ1) is 11.2. The van der Waals surface area contributed by atoms with E-state index in [-0.39, 0.29) is 13.2 Å². The second-order valence-corrected chi connectivity index (χ2v) is 6.32. The number of anilines is 2. The molecule has 0 aliphatic heterocycles. The van der Waals surface area contributed by atoms with Crippen molar-refractivity contribution in [2.24, 2.45) is 0 Å². The molecule has 8 heteroatoms. The average molecular weight is 333 g/mol. The highest BCUT2D eigenvalue weighted by Crippen LogP contribution is 2.39. The summed E-state index contributed by atoms with van der Waals surface area (Å²) in [4.78, 5) is 18.1. The monoisotopic (exact) mass is 333 g/mol. The van der Waals surface area contributed by atoms with E-state index in [9.17, 15) is 10.2 Å². The molecule has 7 nitrogen and oxygen atoms in total. The Labute approximate surface area is 137 Å². The molecule has 0 bridgehead atoms. The van der Waals surface area contributed by atoms with Gasteiger partial charge in [-0.05, 0) is 6.07 Å². The summed E-state index contributed by atoms with van der Waals surface area (Å²) in [7, 11) is 3.98. The fourth-order valence-corrected chi connectivity index (χ4v) is 3.76. The molecule has 3 heterocycles. The highest BCUT2D eigenvalue weighted by atomic mass is 32.1. The minimum atomic E-state index is -0.00239. The molecule has 0 fully saturated rings. The summed E-state index contributed by atoms with van der Waals surface area (Å²) in [5.74, 6) is 0.728. The zero-order valence-corrected chi connectivity index (χ0v) is 13.9. The van der Waals surface area contributed by atoms with Crippen LogP contribution in [0.4, 0.5) is 11.5 Å². The zero-order chi connectivity index (χ0) is 16.4. The SMILES string of the molecule is CN(C)c1ccnc2sc3c(N(CCO)CCO)ncnc3c12. The molecule has 0 atom stereocenters. The van der Waals surface area contributed by atoms with Crippen molar-refractivity contribution in [3.05, 3.63) is 18.6 Å². The number of fused-ring (bicyclic) bond motifs is 3. The fourth-order valence-electron chi connectivity index (χ4n) is 2.63. The van der Waals surface area contributed by atoms with Crippen molar-refractivity contribution in [3.63, 3.8) is 0 Å². The molecular weight excluding hydrogens is 314 g/mol. The van der Waals surface area contributed by atoms with Crippen LogP contribution in [0.1, 0.15) is 0 Å². The van der Waals surface area contributed by atoms with E-state index < -0.39 is 0 Å². The number of nitrogens with zero attached hydrogens (tertiary/aromatic N) is 5. The highest BCUT2D eigenvalue weighted by Gasteiger charge is 2.19. The molecule has 122 valence electrons. The third-order valence-corrected chi connectivity index (χ3v) is 4.72. The van der Waals surface area contributed by atoms with Crippen LogP contribution in [0.15, 0.2) is 18.6 Å². The maximum Gasteiger partial charge on any atom is 0.150 e. The van der Waals surface area contributed by atoms with Gasteiger partial charge in [-0.1, -0.05) is 0 Å². The molecule has 3 aromatic heterocycles. The predicted octanol–water partition coefficient (Wildman–Crippen LogP) is 1.10. The van der Waals surface area contributed by atoms with Gasteiger partial charge >= 0.3 is 0 Å². The number of aliphatic hydroxyl groups excluding tert-OH is 2. The van der Waals surface area contributed by atoms with Gasteiger partial charge in [-0.15, -0.1) is 11.3 Å². The van der Waals surface area contributed by atoms with Crippen molar-refractivity contribution in [1.82, 2.24) is 15.0 Å².